The molecular formula is C37H54N8O6S. The molecule has 14 nitrogen and oxygen atoms in total. The molecule has 1 fully saturated rings. The quantitative estimate of drug-likeness (QED) is 0.0909. The topological polar surface area (TPSA) is 180 Å². The van der Waals surface area contributed by atoms with Gasteiger partial charge in [0, 0.05) is 37.3 Å². The highest BCUT2D eigenvalue weighted by Gasteiger charge is 2.26. The van der Waals surface area contributed by atoms with Crippen LogP contribution in [0.15, 0.2) is 33.9 Å². The molecule has 3 N–H and O–H groups in total. The van der Waals surface area contributed by atoms with Crippen LogP contribution in [0, 0.1) is 18.8 Å². The molecule has 4 aromatic rings. The highest BCUT2D eigenvalue weighted by Crippen LogP contribution is 2.23. The van der Waals surface area contributed by atoms with Gasteiger partial charge in [-0.25, -0.2) is 18.9 Å². The predicted octanol–water partition coefficient (Wildman–Crippen LogP) is 4.87. The molecule has 1 atom stereocenters. The van der Waals surface area contributed by atoms with Gasteiger partial charge in [0.2, 0.25) is 5.95 Å². The molecule has 0 aliphatic carbocycles. The molecule has 4 heterocycles. The number of imidazole rings is 1. The van der Waals surface area contributed by atoms with Gasteiger partial charge in [0.05, 0.1) is 25.2 Å². The first-order valence-electron chi connectivity index (χ1n) is 18.4. The molecule has 15 heteroatoms. The average Bonchev–Trinajstić information content (AvgIpc) is 3.50. The van der Waals surface area contributed by atoms with E-state index in [1.807, 2.05) is 31.2 Å². The second-order valence-corrected chi connectivity index (χ2v) is 14.4. The molecule has 0 bridgehead atoms. The Balaban J connectivity index is 0.000000303. The van der Waals surface area contributed by atoms with E-state index >= 15 is 0 Å². The Labute approximate surface area is 306 Å². The number of unbranched alkanes of at least 4 members (excludes halogenated alkanes) is 9. The minimum absolute atomic E-state index is 0.0306. The summed E-state index contributed by atoms with van der Waals surface area (Å²) < 4.78 is 37.4. The van der Waals surface area contributed by atoms with Crippen molar-refractivity contribution >= 4 is 38.4 Å². The zero-order valence-electron chi connectivity index (χ0n) is 31.0. The van der Waals surface area contributed by atoms with Crippen LogP contribution in [0.25, 0.3) is 22.1 Å². The zero-order valence-corrected chi connectivity index (χ0v) is 31.8. The van der Waals surface area contributed by atoms with Gasteiger partial charge in [0.15, 0.2) is 11.2 Å². The first-order chi connectivity index (χ1) is 24.9. The summed E-state index contributed by atoms with van der Waals surface area (Å²) >= 11 is 0. The Hall–Kier alpha value is -4.10. The molecule has 0 amide bonds. The normalized spacial score (nSPS) is 14.7. The van der Waals surface area contributed by atoms with Crippen LogP contribution in [-0.4, -0.2) is 67.4 Å². The lowest BCUT2D eigenvalue weighted by Crippen LogP contribution is -2.44. The molecule has 0 unspecified atom stereocenters. The third-order valence-electron chi connectivity index (χ3n) is 9.24. The van der Waals surface area contributed by atoms with E-state index in [4.69, 9.17) is 15.3 Å². The molecular weight excluding hydrogens is 685 g/mol. The van der Waals surface area contributed by atoms with Crippen molar-refractivity contribution in [3.63, 3.8) is 0 Å². The van der Waals surface area contributed by atoms with Gasteiger partial charge >= 0.3 is 16.1 Å². The van der Waals surface area contributed by atoms with Crippen LogP contribution in [0.4, 0.5) is 5.95 Å². The Kier molecular flexibility index (Phi) is 15.4. The van der Waals surface area contributed by atoms with E-state index in [-0.39, 0.29) is 25.7 Å². The van der Waals surface area contributed by atoms with Gasteiger partial charge in [-0.05, 0) is 39.2 Å². The third kappa shape index (κ3) is 11.2. The van der Waals surface area contributed by atoms with Gasteiger partial charge in [0.1, 0.15) is 5.82 Å². The number of nitrogens with two attached hydrogens (primary N) is 1. The molecule has 284 valence electrons. The second kappa shape index (κ2) is 19.7. The van der Waals surface area contributed by atoms with E-state index in [0.717, 1.165) is 48.8 Å². The number of rotatable bonds is 16. The minimum Gasteiger partial charge on any atom is -0.341 e. The number of piperidine rings is 1. The molecule has 0 radical (unpaired) electrons. The first-order valence-corrected chi connectivity index (χ1v) is 19.8. The fraction of sp³-hybridized carbons (Fsp3) is 0.595. The molecule has 5 rings (SSSR count). The molecule has 52 heavy (non-hydrogen) atoms. The summed E-state index contributed by atoms with van der Waals surface area (Å²) in [6.45, 7) is 7.62. The van der Waals surface area contributed by atoms with E-state index < -0.39 is 21.6 Å². The van der Waals surface area contributed by atoms with Gasteiger partial charge < -0.3 is 10.6 Å². The number of anilines is 1. The fourth-order valence-electron chi connectivity index (χ4n) is 6.50. The summed E-state index contributed by atoms with van der Waals surface area (Å²) in [5, 5.41) is 0.938. The zero-order chi connectivity index (χ0) is 37.7. The number of aromatic nitrogens is 6. The van der Waals surface area contributed by atoms with E-state index in [1.165, 1.54) is 54.1 Å². The largest absolute Gasteiger partial charge is 0.397 e. The lowest BCUT2D eigenvalue weighted by molar-refractivity contribution is 0.261. The smallest absolute Gasteiger partial charge is 0.341 e. The van der Waals surface area contributed by atoms with Crippen molar-refractivity contribution in [3.05, 3.63) is 56.6 Å². The number of fused-ring (bicyclic) bond motifs is 2. The minimum atomic E-state index is -4.23. The summed E-state index contributed by atoms with van der Waals surface area (Å²) in [5.41, 5.74) is 7.54. The number of hydrogen-bond acceptors (Lipinski definition) is 10. The Morgan fingerprint density at radius 2 is 1.65 bits per heavy atom. The summed E-state index contributed by atoms with van der Waals surface area (Å²) in [5.74, 6) is 6.96. The van der Waals surface area contributed by atoms with Crippen molar-refractivity contribution < 1.29 is 17.2 Å². The van der Waals surface area contributed by atoms with Gasteiger partial charge in [0.25, 0.3) is 5.56 Å². The molecule has 3 aromatic heterocycles. The highest BCUT2D eigenvalue weighted by molar-refractivity contribution is 7.80. The van der Waals surface area contributed by atoms with Gasteiger partial charge in [-0.15, -0.1) is 5.92 Å². The van der Waals surface area contributed by atoms with Crippen LogP contribution in [0.3, 0.4) is 0 Å². The molecule has 0 saturated carbocycles. The Bertz CT molecular complexity index is 2080. The lowest BCUT2D eigenvalue weighted by Gasteiger charge is -2.31. The third-order valence-corrected chi connectivity index (χ3v) is 9.70. The predicted molar refractivity (Wildman–Crippen MR) is 205 cm³/mol. The fourth-order valence-corrected chi connectivity index (χ4v) is 6.83. The monoisotopic (exact) mass is 738 g/mol. The lowest BCUT2D eigenvalue weighted by atomic mass is 10.1. The van der Waals surface area contributed by atoms with Crippen molar-refractivity contribution in [1.82, 2.24) is 28.7 Å². The molecule has 1 aliphatic heterocycles. The number of nitrogens with zero attached hydrogens (tertiary/aromatic N) is 7. The van der Waals surface area contributed by atoms with Gasteiger partial charge in [-0.2, -0.15) is 13.4 Å². The van der Waals surface area contributed by atoms with E-state index in [9.17, 15) is 18.0 Å². The molecule has 1 aliphatic rings. The second-order valence-electron chi connectivity index (χ2n) is 13.4. The summed E-state index contributed by atoms with van der Waals surface area (Å²) in [4.78, 5) is 43.0. The van der Waals surface area contributed by atoms with Crippen molar-refractivity contribution in [3.8, 4) is 11.8 Å². The van der Waals surface area contributed by atoms with Crippen molar-refractivity contribution in [1.29, 1.82) is 0 Å². The van der Waals surface area contributed by atoms with Crippen LogP contribution in [0.5, 0.6) is 0 Å². The first kappa shape index (κ1) is 40.7. The average molecular weight is 739 g/mol. The Morgan fingerprint density at radius 1 is 0.981 bits per heavy atom. The van der Waals surface area contributed by atoms with Crippen LogP contribution in [0.2, 0.25) is 0 Å². The van der Waals surface area contributed by atoms with Gasteiger partial charge in [-0.3, -0.25) is 23.0 Å². The molecule has 1 aromatic carbocycles. The van der Waals surface area contributed by atoms with Crippen LogP contribution in [0.1, 0.15) is 102 Å². The van der Waals surface area contributed by atoms with E-state index in [2.05, 4.69) is 37.8 Å². The highest BCUT2D eigenvalue weighted by atomic mass is 32.3. The maximum absolute atomic E-state index is 13.7. The number of benzene rings is 1. The van der Waals surface area contributed by atoms with Crippen LogP contribution in [-0.2, 0) is 34.7 Å². The number of aryl methyl sites for hydroxylation is 2. The van der Waals surface area contributed by atoms with E-state index in [1.54, 1.807) is 18.5 Å². The number of hydrogen-bond donors (Lipinski definition) is 2. The Morgan fingerprint density at radius 3 is 2.31 bits per heavy atom. The summed E-state index contributed by atoms with van der Waals surface area (Å²) in [6, 6.07) is 7.71. The summed E-state index contributed by atoms with van der Waals surface area (Å²) in [7, 11) is -2.61. The molecule has 1 saturated heterocycles. The van der Waals surface area contributed by atoms with Crippen LogP contribution >= 0.6 is 0 Å². The van der Waals surface area contributed by atoms with Crippen molar-refractivity contribution in [2.45, 2.75) is 117 Å². The maximum Gasteiger partial charge on any atom is 0.397 e. The maximum atomic E-state index is 13.7. The summed E-state index contributed by atoms with van der Waals surface area (Å²) in [6.07, 6.45) is 13.7. The van der Waals surface area contributed by atoms with Crippen molar-refractivity contribution in [2.24, 2.45) is 12.8 Å². The van der Waals surface area contributed by atoms with Crippen molar-refractivity contribution in [2.75, 3.05) is 24.6 Å². The SMILES string of the molecule is CC#CCn1c(N2CCC[C@@H](N)C2)nc2c1c(=O)n(Cc1nc(C)c3ccccc3n1)c(=O)n2C.CCCCCCCCCCCCOS(=O)(=O)O. The van der Waals surface area contributed by atoms with Gasteiger partial charge in [-0.1, -0.05) is 88.8 Å². The van der Waals surface area contributed by atoms with E-state index in [0.29, 0.717) is 35.9 Å². The standard InChI is InChI=1S/C25H28N8O2.C12H26O4S/c1-4-5-13-32-21-22(29-24(32)31-12-8-9-17(26)14-31)30(3)25(35)33(23(21)34)15-20-27-16(2)18-10-6-7-11-19(18)28-20;1-2-3-4-5-6-7-8-9-10-11-12-16-17(13,14)15/h6-7,10-11,17H,8-9,12-15,26H2,1-3H3;2-12H2,1H3,(H,13,14,15)/t17-;/m1./s1. The molecule has 0 spiro atoms. The number of para-hydroxylation sites is 1. The van der Waals surface area contributed by atoms with Crippen LogP contribution < -0.4 is 21.9 Å².